The van der Waals surface area contributed by atoms with Gasteiger partial charge in [-0.15, -0.1) is 0 Å². The van der Waals surface area contributed by atoms with Gasteiger partial charge in [-0.3, -0.25) is 4.90 Å². The van der Waals surface area contributed by atoms with E-state index in [1.807, 2.05) is 30.5 Å². The molecule has 2 rings (SSSR count). The Morgan fingerprint density at radius 1 is 1.22 bits per heavy atom. The van der Waals surface area contributed by atoms with Gasteiger partial charge in [0, 0.05) is 25.5 Å². The molecule has 1 aromatic carbocycles. The predicted molar refractivity (Wildman–Crippen MR) is 72.9 cm³/mol. The Morgan fingerprint density at radius 2 is 1.94 bits per heavy atom. The second-order valence-electron chi connectivity index (χ2n) is 4.43. The summed E-state index contributed by atoms with van der Waals surface area (Å²) in [5.74, 6) is 0. The molecule has 1 aliphatic heterocycles. The number of hydrogen-bond acceptors (Lipinski definition) is 1. The molecule has 0 radical (unpaired) electrons. The molecule has 18 heavy (non-hydrogen) atoms. The SMILES string of the molecule is C=C1C=CN(CCCc2ccccc2)C(=O)N1C. The van der Waals surface area contributed by atoms with Gasteiger partial charge in [-0.25, -0.2) is 4.79 Å². The highest BCUT2D eigenvalue weighted by Crippen LogP contribution is 2.14. The van der Waals surface area contributed by atoms with Crippen molar-refractivity contribution < 1.29 is 4.79 Å². The highest BCUT2D eigenvalue weighted by Gasteiger charge is 2.20. The lowest BCUT2D eigenvalue weighted by atomic mass is 10.1. The van der Waals surface area contributed by atoms with E-state index in [4.69, 9.17) is 0 Å². The van der Waals surface area contributed by atoms with Crippen molar-refractivity contribution in [2.45, 2.75) is 12.8 Å². The van der Waals surface area contributed by atoms with E-state index in [9.17, 15) is 4.79 Å². The molecule has 0 unspecified atom stereocenters. The van der Waals surface area contributed by atoms with E-state index in [1.165, 1.54) is 5.56 Å². The minimum atomic E-state index is -0.00411. The zero-order valence-electron chi connectivity index (χ0n) is 10.7. The van der Waals surface area contributed by atoms with Crippen molar-refractivity contribution in [3.8, 4) is 0 Å². The summed E-state index contributed by atoms with van der Waals surface area (Å²) in [6, 6.07) is 10.3. The molecule has 94 valence electrons. The predicted octanol–water partition coefficient (Wildman–Crippen LogP) is 3.01. The summed E-state index contributed by atoms with van der Waals surface area (Å²) in [5.41, 5.74) is 2.04. The number of carbonyl (C=O) groups is 1. The number of rotatable bonds is 4. The molecule has 0 N–H and O–H groups in total. The van der Waals surface area contributed by atoms with E-state index in [0.29, 0.717) is 0 Å². The summed E-state index contributed by atoms with van der Waals surface area (Å²) in [7, 11) is 1.75. The molecule has 1 aromatic rings. The summed E-state index contributed by atoms with van der Waals surface area (Å²) in [6.07, 6.45) is 5.63. The van der Waals surface area contributed by atoms with Crippen LogP contribution in [0.1, 0.15) is 12.0 Å². The molecule has 0 bridgehead atoms. The van der Waals surface area contributed by atoms with E-state index < -0.39 is 0 Å². The summed E-state index contributed by atoms with van der Waals surface area (Å²) in [4.78, 5) is 15.2. The molecule has 0 aliphatic carbocycles. The summed E-state index contributed by atoms with van der Waals surface area (Å²) in [6.45, 7) is 4.54. The molecule has 0 spiro atoms. The lowest BCUT2D eigenvalue weighted by Gasteiger charge is -2.29. The minimum Gasteiger partial charge on any atom is -0.301 e. The van der Waals surface area contributed by atoms with Crippen LogP contribution in [0.15, 0.2) is 54.9 Å². The molecule has 3 heteroatoms. The van der Waals surface area contributed by atoms with Crippen LogP contribution in [-0.4, -0.2) is 29.4 Å². The first-order chi connectivity index (χ1) is 8.68. The molecule has 0 saturated heterocycles. The summed E-state index contributed by atoms with van der Waals surface area (Å²) in [5, 5.41) is 0. The quantitative estimate of drug-likeness (QED) is 0.796. The van der Waals surface area contributed by atoms with Gasteiger partial charge in [0.2, 0.25) is 0 Å². The third-order valence-corrected chi connectivity index (χ3v) is 3.12. The average molecular weight is 242 g/mol. The van der Waals surface area contributed by atoms with Crippen LogP contribution >= 0.6 is 0 Å². The Hall–Kier alpha value is -2.03. The van der Waals surface area contributed by atoms with Crippen molar-refractivity contribution in [3.05, 3.63) is 60.4 Å². The zero-order chi connectivity index (χ0) is 13.0. The van der Waals surface area contributed by atoms with Crippen LogP contribution in [0.2, 0.25) is 0 Å². The highest BCUT2D eigenvalue weighted by atomic mass is 16.2. The first-order valence-electron chi connectivity index (χ1n) is 6.14. The number of hydrogen-bond donors (Lipinski definition) is 0. The largest absolute Gasteiger partial charge is 0.328 e. The molecule has 0 aromatic heterocycles. The van der Waals surface area contributed by atoms with E-state index in [0.717, 1.165) is 25.1 Å². The molecule has 1 aliphatic rings. The van der Waals surface area contributed by atoms with Crippen molar-refractivity contribution in [2.75, 3.05) is 13.6 Å². The molecule has 0 saturated carbocycles. The normalized spacial score (nSPS) is 15.4. The van der Waals surface area contributed by atoms with Gasteiger partial charge in [0.1, 0.15) is 0 Å². The lowest BCUT2D eigenvalue weighted by molar-refractivity contribution is 0.187. The highest BCUT2D eigenvalue weighted by molar-refractivity contribution is 5.79. The van der Waals surface area contributed by atoms with Crippen molar-refractivity contribution in [3.63, 3.8) is 0 Å². The van der Waals surface area contributed by atoms with Crippen LogP contribution in [0.3, 0.4) is 0 Å². The molecule has 0 atom stereocenters. The van der Waals surface area contributed by atoms with Crippen molar-refractivity contribution in [1.82, 2.24) is 9.80 Å². The molecule has 0 fully saturated rings. The van der Waals surface area contributed by atoms with E-state index >= 15 is 0 Å². The first-order valence-corrected chi connectivity index (χ1v) is 6.14. The van der Waals surface area contributed by atoms with E-state index in [1.54, 1.807) is 16.8 Å². The summed E-state index contributed by atoms with van der Waals surface area (Å²) >= 11 is 0. The monoisotopic (exact) mass is 242 g/mol. The van der Waals surface area contributed by atoms with Crippen LogP contribution in [0.5, 0.6) is 0 Å². The maximum Gasteiger partial charge on any atom is 0.328 e. The van der Waals surface area contributed by atoms with Crippen LogP contribution in [0.4, 0.5) is 4.79 Å². The summed E-state index contributed by atoms with van der Waals surface area (Å²) < 4.78 is 0. The maximum atomic E-state index is 11.9. The minimum absolute atomic E-state index is 0.00411. The van der Waals surface area contributed by atoms with Gasteiger partial charge < -0.3 is 4.90 Å². The van der Waals surface area contributed by atoms with Crippen LogP contribution in [0, 0.1) is 0 Å². The third-order valence-electron chi connectivity index (χ3n) is 3.12. The van der Waals surface area contributed by atoms with Crippen LogP contribution in [0.25, 0.3) is 0 Å². The Bertz CT molecular complexity index is 465. The van der Waals surface area contributed by atoms with E-state index in [-0.39, 0.29) is 6.03 Å². The number of amides is 2. The van der Waals surface area contributed by atoms with Gasteiger partial charge in [0.15, 0.2) is 0 Å². The number of benzene rings is 1. The molecule has 1 heterocycles. The van der Waals surface area contributed by atoms with Crippen molar-refractivity contribution >= 4 is 6.03 Å². The molecule has 2 amide bonds. The third kappa shape index (κ3) is 2.80. The number of aryl methyl sites for hydroxylation is 1. The Labute approximate surface area is 108 Å². The first kappa shape index (κ1) is 12.4. The Balaban J connectivity index is 1.86. The smallest absolute Gasteiger partial charge is 0.301 e. The van der Waals surface area contributed by atoms with Crippen molar-refractivity contribution in [2.24, 2.45) is 0 Å². The Kier molecular flexibility index (Phi) is 3.82. The maximum absolute atomic E-state index is 11.9. The standard InChI is InChI=1S/C15H18N2O/c1-13-10-12-17(15(18)16(13)2)11-6-9-14-7-4-3-5-8-14/h3-5,7-8,10,12H,1,6,9,11H2,2H3. The van der Waals surface area contributed by atoms with Gasteiger partial charge in [-0.1, -0.05) is 36.9 Å². The fourth-order valence-corrected chi connectivity index (χ4v) is 1.94. The zero-order valence-corrected chi connectivity index (χ0v) is 10.7. The fraction of sp³-hybridized carbons (Fsp3) is 0.267. The van der Waals surface area contributed by atoms with E-state index in [2.05, 4.69) is 18.7 Å². The van der Waals surface area contributed by atoms with Gasteiger partial charge >= 0.3 is 6.03 Å². The topological polar surface area (TPSA) is 23.6 Å². The second-order valence-corrected chi connectivity index (χ2v) is 4.43. The van der Waals surface area contributed by atoms with Crippen LogP contribution < -0.4 is 0 Å². The van der Waals surface area contributed by atoms with Crippen LogP contribution in [-0.2, 0) is 6.42 Å². The van der Waals surface area contributed by atoms with Gasteiger partial charge in [-0.2, -0.15) is 0 Å². The number of allylic oxidation sites excluding steroid dienone is 1. The fourth-order valence-electron chi connectivity index (χ4n) is 1.94. The lowest BCUT2D eigenvalue weighted by Crippen LogP contribution is -2.40. The average Bonchev–Trinajstić information content (AvgIpc) is 2.40. The number of nitrogens with zero attached hydrogens (tertiary/aromatic N) is 2. The second kappa shape index (κ2) is 5.54. The number of carbonyl (C=O) groups excluding carboxylic acids is 1. The number of urea groups is 1. The Morgan fingerprint density at radius 3 is 2.67 bits per heavy atom. The molecule has 3 nitrogen and oxygen atoms in total. The number of likely N-dealkylation sites (N-methyl/N-ethyl adjacent to an activating group) is 1. The van der Waals surface area contributed by atoms with Gasteiger partial charge in [0.05, 0.1) is 0 Å². The van der Waals surface area contributed by atoms with Gasteiger partial charge in [-0.05, 0) is 24.5 Å². The molecular weight excluding hydrogens is 224 g/mol. The van der Waals surface area contributed by atoms with Gasteiger partial charge in [0.25, 0.3) is 0 Å². The van der Waals surface area contributed by atoms with Crippen molar-refractivity contribution in [1.29, 1.82) is 0 Å². The molecular formula is C15H18N2O.